The van der Waals surface area contributed by atoms with Crippen LogP contribution in [0.15, 0.2) is 36.4 Å². The highest BCUT2D eigenvalue weighted by Gasteiger charge is 2.17. The summed E-state index contributed by atoms with van der Waals surface area (Å²) in [6, 6.07) is 10.7. The first-order valence-electron chi connectivity index (χ1n) is 7.45. The Hall–Kier alpha value is -2.20. The van der Waals surface area contributed by atoms with Crippen LogP contribution in [0.4, 0.5) is 0 Å². The van der Waals surface area contributed by atoms with Crippen LogP contribution in [-0.2, 0) is 0 Å². The van der Waals surface area contributed by atoms with Crippen molar-refractivity contribution in [2.75, 3.05) is 6.61 Å². The number of aryl methyl sites for hydroxylation is 1. The fourth-order valence-corrected chi connectivity index (χ4v) is 2.61. The van der Waals surface area contributed by atoms with Crippen LogP contribution in [0, 0.1) is 6.92 Å². The minimum Gasteiger partial charge on any atom is -0.503 e. The average Bonchev–Trinajstić information content (AvgIpc) is 2.52. The van der Waals surface area contributed by atoms with E-state index in [4.69, 9.17) is 16.3 Å². The molecule has 0 bridgehead atoms. The molecule has 0 aliphatic rings. The molecule has 2 aromatic rings. The number of phenols is 1. The van der Waals surface area contributed by atoms with E-state index in [-0.39, 0.29) is 28.5 Å². The van der Waals surface area contributed by atoms with Gasteiger partial charge in [0.1, 0.15) is 0 Å². The third-order valence-corrected chi connectivity index (χ3v) is 3.88. The van der Waals surface area contributed by atoms with Gasteiger partial charge in [-0.1, -0.05) is 35.9 Å². The molecular weight excluding hydrogens is 314 g/mol. The molecule has 2 aromatic carbocycles. The molecular formula is C18H20ClNO3. The Bertz CT molecular complexity index is 715. The lowest BCUT2D eigenvalue weighted by molar-refractivity contribution is 0.0939. The summed E-state index contributed by atoms with van der Waals surface area (Å²) >= 11 is 5.97. The van der Waals surface area contributed by atoms with E-state index in [2.05, 4.69) is 5.32 Å². The van der Waals surface area contributed by atoms with Crippen LogP contribution in [-0.4, -0.2) is 17.6 Å². The maximum Gasteiger partial charge on any atom is 0.251 e. The third kappa shape index (κ3) is 3.96. The molecule has 0 spiro atoms. The van der Waals surface area contributed by atoms with E-state index in [1.165, 1.54) is 12.1 Å². The highest BCUT2D eigenvalue weighted by atomic mass is 35.5. The topological polar surface area (TPSA) is 58.6 Å². The van der Waals surface area contributed by atoms with Crippen molar-refractivity contribution in [3.63, 3.8) is 0 Å². The number of carbonyl (C=O) groups excluding carboxylic acids is 1. The predicted molar refractivity (Wildman–Crippen MR) is 91.3 cm³/mol. The maximum absolute atomic E-state index is 12.5. The van der Waals surface area contributed by atoms with Gasteiger partial charge < -0.3 is 15.2 Å². The lowest BCUT2D eigenvalue weighted by Crippen LogP contribution is -2.27. The van der Waals surface area contributed by atoms with Crippen LogP contribution in [0.25, 0.3) is 0 Å². The van der Waals surface area contributed by atoms with Gasteiger partial charge in [0, 0.05) is 5.56 Å². The van der Waals surface area contributed by atoms with Gasteiger partial charge in [0.25, 0.3) is 5.91 Å². The molecule has 122 valence electrons. The van der Waals surface area contributed by atoms with Gasteiger partial charge in [0.15, 0.2) is 11.5 Å². The van der Waals surface area contributed by atoms with E-state index < -0.39 is 0 Å². The molecule has 1 amide bonds. The van der Waals surface area contributed by atoms with Gasteiger partial charge >= 0.3 is 0 Å². The molecule has 5 heteroatoms. The van der Waals surface area contributed by atoms with E-state index in [1.807, 2.05) is 38.1 Å². The SMILES string of the molecule is CCOc1cc(C(=O)NC(C)c2ccccc2C)cc(Cl)c1O. The van der Waals surface area contributed by atoms with Crippen molar-refractivity contribution in [2.24, 2.45) is 0 Å². The third-order valence-electron chi connectivity index (χ3n) is 3.59. The van der Waals surface area contributed by atoms with Crippen molar-refractivity contribution in [2.45, 2.75) is 26.8 Å². The summed E-state index contributed by atoms with van der Waals surface area (Å²) in [5, 5.41) is 12.9. The van der Waals surface area contributed by atoms with Crippen LogP contribution in [0.5, 0.6) is 11.5 Å². The zero-order valence-corrected chi connectivity index (χ0v) is 14.1. The van der Waals surface area contributed by atoms with Crippen molar-refractivity contribution in [1.29, 1.82) is 0 Å². The van der Waals surface area contributed by atoms with E-state index in [1.54, 1.807) is 6.92 Å². The fraction of sp³-hybridized carbons (Fsp3) is 0.278. The number of nitrogens with one attached hydrogen (secondary N) is 1. The normalized spacial score (nSPS) is 11.8. The van der Waals surface area contributed by atoms with Crippen LogP contribution >= 0.6 is 11.6 Å². The second-order valence-electron chi connectivity index (χ2n) is 5.29. The Morgan fingerprint density at radius 3 is 2.70 bits per heavy atom. The summed E-state index contributed by atoms with van der Waals surface area (Å²) in [5.41, 5.74) is 2.51. The Labute approximate surface area is 141 Å². The number of phenolic OH excluding ortho intramolecular Hbond substituents is 1. The molecule has 0 saturated carbocycles. The number of halogens is 1. The molecule has 0 saturated heterocycles. The van der Waals surface area contributed by atoms with Crippen molar-refractivity contribution >= 4 is 17.5 Å². The number of rotatable bonds is 5. The quantitative estimate of drug-likeness (QED) is 0.860. The molecule has 0 radical (unpaired) electrons. The Morgan fingerprint density at radius 2 is 2.04 bits per heavy atom. The number of hydrogen-bond acceptors (Lipinski definition) is 3. The first-order chi connectivity index (χ1) is 10.9. The monoisotopic (exact) mass is 333 g/mol. The number of ether oxygens (including phenoxy) is 1. The van der Waals surface area contributed by atoms with Crippen molar-refractivity contribution in [3.8, 4) is 11.5 Å². The molecule has 23 heavy (non-hydrogen) atoms. The molecule has 0 aliphatic carbocycles. The summed E-state index contributed by atoms with van der Waals surface area (Å²) in [4.78, 5) is 12.5. The summed E-state index contributed by atoms with van der Waals surface area (Å²) in [7, 11) is 0. The zero-order valence-electron chi connectivity index (χ0n) is 13.4. The largest absolute Gasteiger partial charge is 0.503 e. The fourth-order valence-electron chi connectivity index (χ4n) is 2.40. The van der Waals surface area contributed by atoms with E-state index >= 15 is 0 Å². The molecule has 0 aromatic heterocycles. The minimum absolute atomic E-state index is 0.0876. The number of amides is 1. The zero-order chi connectivity index (χ0) is 17.0. The first kappa shape index (κ1) is 17.2. The second-order valence-corrected chi connectivity index (χ2v) is 5.70. The highest BCUT2D eigenvalue weighted by molar-refractivity contribution is 6.32. The number of hydrogen-bond donors (Lipinski definition) is 2. The maximum atomic E-state index is 12.5. The van der Waals surface area contributed by atoms with Gasteiger partial charge in [0.2, 0.25) is 0 Å². The van der Waals surface area contributed by atoms with Gasteiger partial charge in [-0.3, -0.25) is 4.79 Å². The van der Waals surface area contributed by atoms with E-state index in [9.17, 15) is 9.90 Å². The Morgan fingerprint density at radius 1 is 1.35 bits per heavy atom. The molecule has 0 aliphatic heterocycles. The molecule has 1 unspecified atom stereocenters. The van der Waals surface area contributed by atoms with Crippen LogP contribution < -0.4 is 10.1 Å². The molecule has 0 heterocycles. The van der Waals surface area contributed by atoms with Crippen LogP contribution in [0.2, 0.25) is 5.02 Å². The molecule has 2 N–H and O–H groups in total. The molecule has 1 atom stereocenters. The summed E-state index contributed by atoms with van der Waals surface area (Å²) in [5.74, 6) is -0.227. The highest BCUT2D eigenvalue weighted by Crippen LogP contribution is 2.35. The standard InChI is InChI=1S/C18H20ClNO3/c1-4-23-16-10-13(9-15(19)17(16)21)18(22)20-12(3)14-8-6-5-7-11(14)2/h5-10,12,21H,4H2,1-3H3,(H,20,22). The summed E-state index contributed by atoms with van der Waals surface area (Å²) < 4.78 is 5.30. The van der Waals surface area contributed by atoms with Crippen molar-refractivity contribution in [1.82, 2.24) is 5.32 Å². The Kier molecular flexibility index (Phi) is 5.50. The van der Waals surface area contributed by atoms with Crippen LogP contribution in [0.1, 0.15) is 41.4 Å². The number of aromatic hydroxyl groups is 1. The van der Waals surface area contributed by atoms with Gasteiger partial charge in [-0.15, -0.1) is 0 Å². The minimum atomic E-state index is -0.274. The van der Waals surface area contributed by atoms with Gasteiger partial charge in [0.05, 0.1) is 17.7 Å². The predicted octanol–water partition coefficient (Wildman–Crippen LogP) is 4.24. The lowest BCUT2D eigenvalue weighted by Gasteiger charge is -2.17. The first-order valence-corrected chi connectivity index (χ1v) is 7.83. The summed E-state index contributed by atoms with van der Waals surface area (Å²) in [6.45, 7) is 6.09. The molecule has 0 fully saturated rings. The number of benzene rings is 2. The smallest absolute Gasteiger partial charge is 0.251 e. The van der Waals surface area contributed by atoms with Crippen molar-refractivity contribution in [3.05, 3.63) is 58.1 Å². The van der Waals surface area contributed by atoms with Gasteiger partial charge in [-0.2, -0.15) is 0 Å². The van der Waals surface area contributed by atoms with Gasteiger partial charge in [-0.25, -0.2) is 0 Å². The van der Waals surface area contributed by atoms with E-state index in [0.717, 1.165) is 11.1 Å². The Balaban J connectivity index is 2.22. The molecule has 4 nitrogen and oxygen atoms in total. The van der Waals surface area contributed by atoms with E-state index in [0.29, 0.717) is 12.2 Å². The van der Waals surface area contributed by atoms with Crippen LogP contribution in [0.3, 0.4) is 0 Å². The van der Waals surface area contributed by atoms with Gasteiger partial charge in [-0.05, 0) is 44.0 Å². The second kappa shape index (κ2) is 7.38. The summed E-state index contributed by atoms with van der Waals surface area (Å²) in [6.07, 6.45) is 0. The number of carbonyl (C=O) groups is 1. The van der Waals surface area contributed by atoms with Crippen molar-refractivity contribution < 1.29 is 14.6 Å². The molecule has 2 rings (SSSR count). The lowest BCUT2D eigenvalue weighted by atomic mass is 10.0. The average molecular weight is 334 g/mol.